The van der Waals surface area contributed by atoms with E-state index in [1.54, 1.807) is 0 Å². The molecule has 1 aliphatic rings. The monoisotopic (exact) mass is 471 g/mol. The Bertz CT molecular complexity index is 966. The molecule has 1 N–H and O–H groups in total. The van der Waals surface area contributed by atoms with Crippen LogP contribution in [0.15, 0.2) is 39.7 Å². The van der Waals surface area contributed by atoms with Crippen molar-refractivity contribution in [2.75, 3.05) is 17.9 Å². The van der Waals surface area contributed by atoms with E-state index in [1.807, 2.05) is 0 Å². The number of hydrogen-bond acceptors (Lipinski definition) is 4. The van der Waals surface area contributed by atoms with Crippen LogP contribution in [0, 0.1) is 0 Å². The van der Waals surface area contributed by atoms with E-state index >= 15 is 0 Å². The lowest BCUT2D eigenvalue weighted by Gasteiger charge is -2.21. The highest BCUT2D eigenvalue weighted by atomic mass is 79.9. The third kappa shape index (κ3) is 3.86. The smallest absolute Gasteiger partial charge is 0.417 e. The predicted molar refractivity (Wildman–Crippen MR) is 92.4 cm³/mol. The third-order valence-electron chi connectivity index (χ3n) is 3.41. The summed E-state index contributed by atoms with van der Waals surface area (Å²) in [5, 5.41) is -0.225. The highest BCUT2D eigenvalue weighted by Crippen LogP contribution is 2.40. The average Bonchev–Trinajstić information content (AvgIpc) is 2.54. The SMILES string of the molecule is O=S(=O)(Nc1cc2c(cc1Br)OCCO2)c1ccc(Cl)cc1C(F)(F)F. The minimum atomic E-state index is -4.89. The fourth-order valence-corrected chi connectivity index (χ4v) is 4.30. The fourth-order valence-electron chi connectivity index (χ4n) is 2.30. The Kier molecular flexibility index (Phi) is 5.02. The quantitative estimate of drug-likeness (QED) is 0.704. The van der Waals surface area contributed by atoms with Crippen molar-refractivity contribution in [1.82, 2.24) is 0 Å². The van der Waals surface area contributed by atoms with Gasteiger partial charge in [0.1, 0.15) is 13.2 Å². The highest BCUT2D eigenvalue weighted by molar-refractivity contribution is 9.10. The van der Waals surface area contributed by atoms with Crippen molar-refractivity contribution in [2.45, 2.75) is 11.1 Å². The second kappa shape index (κ2) is 6.82. The van der Waals surface area contributed by atoms with Gasteiger partial charge in [0.25, 0.3) is 10.0 Å². The predicted octanol–water partition coefficient (Wildman–Crippen LogP) is 4.69. The molecule has 0 saturated heterocycles. The summed E-state index contributed by atoms with van der Waals surface area (Å²) in [6.45, 7) is 0.612. The molecule has 0 aromatic heterocycles. The summed E-state index contributed by atoms with van der Waals surface area (Å²) in [5.74, 6) is 0.679. The van der Waals surface area contributed by atoms with E-state index in [-0.39, 0.29) is 27.5 Å². The molecule has 5 nitrogen and oxygen atoms in total. The first-order valence-electron chi connectivity index (χ1n) is 7.06. The van der Waals surface area contributed by atoms with Crippen LogP contribution in [0.25, 0.3) is 0 Å². The molecule has 0 bridgehead atoms. The van der Waals surface area contributed by atoms with Crippen molar-refractivity contribution in [1.29, 1.82) is 0 Å². The fraction of sp³-hybridized carbons (Fsp3) is 0.200. The normalized spacial score (nSPS) is 14.2. The van der Waals surface area contributed by atoms with Crippen LogP contribution >= 0.6 is 27.5 Å². The standard InChI is InChI=1S/C15H10BrClF3NO4S/c16-10-6-12-13(25-4-3-24-12)7-11(10)21-26(22,23)14-2-1-8(17)5-9(14)15(18,19)20/h1-2,5-7,21H,3-4H2. The lowest BCUT2D eigenvalue weighted by molar-refractivity contribution is -0.139. The third-order valence-corrected chi connectivity index (χ3v) is 5.73. The van der Waals surface area contributed by atoms with E-state index in [9.17, 15) is 21.6 Å². The minimum Gasteiger partial charge on any atom is -0.486 e. The Labute approximate surface area is 160 Å². The molecular weight excluding hydrogens is 463 g/mol. The van der Waals surface area contributed by atoms with Gasteiger partial charge in [0, 0.05) is 21.6 Å². The lowest BCUT2D eigenvalue weighted by Crippen LogP contribution is -2.20. The number of fused-ring (bicyclic) bond motifs is 1. The van der Waals surface area contributed by atoms with Crippen LogP contribution in [0.3, 0.4) is 0 Å². The number of sulfonamides is 1. The number of ether oxygens (including phenoxy) is 2. The maximum atomic E-state index is 13.2. The number of rotatable bonds is 3. The zero-order chi connectivity index (χ0) is 19.1. The molecule has 0 saturated carbocycles. The Morgan fingerprint density at radius 3 is 2.31 bits per heavy atom. The summed E-state index contributed by atoms with van der Waals surface area (Å²) >= 11 is 8.75. The first kappa shape index (κ1) is 19.1. The van der Waals surface area contributed by atoms with Crippen molar-refractivity contribution in [2.24, 2.45) is 0 Å². The van der Waals surface area contributed by atoms with Gasteiger partial charge >= 0.3 is 6.18 Å². The maximum absolute atomic E-state index is 13.2. The molecule has 2 aromatic carbocycles. The average molecular weight is 473 g/mol. The van der Waals surface area contributed by atoms with Crippen molar-refractivity contribution in [3.63, 3.8) is 0 Å². The molecular formula is C15H10BrClF3NO4S. The van der Waals surface area contributed by atoms with E-state index in [4.69, 9.17) is 21.1 Å². The Balaban J connectivity index is 2.03. The maximum Gasteiger partial charge on any atom is 0.417 e. The molecule has 0 radical (unpaired) electrons. The van der Waals surface area contributed by atoms with E-state index in [2.05, 4.69) is 20.7 Å². The molecule has 0 aliphatic carbocycles. The zero-order valence-electron chi connectivity index (χ0n) is 12.7. The van der Waals surface area contributed by atoms with E-state index < -0.39 is 26.7 Å². The van der Waals surface area contributed by atoms with Gasteiger partial charge in [-0.1, -0.05) is 11.6 Å². The summed E-state index contributed by atoms with van der Waals surface area (Å²) in [4.78, 5) is -0.934. The van der Waals surface area contributed by atoms with Crippen molar-refractivity contribution in [3.8, 4) is 11.5 Å². The van der Waals surface area contributed by atoms with Gasteiger partial charge in [-0.05, 0) is 34.1 Å². The molecule has 1 aliphatic heterocycles. The van der Waals surface area contributed by atoms with Crippen molar-refractivity contribution < 1.29 is 31.1 Å². The summed E-state index contributed by atoms with van der Waals surface area (Å²) in [6.07, 6.45) is -4.89. The molecule has 26 heavy (non-hydrogen) atoms. The Hall–Kier alpha value is -1.65. The van der Waals surface area contributed by atoms with E-state index in [0.29, 0.717) is 18.4 Å². The minimum absolute atomic E-state index is 0.0114. The second-order valence-electron chi connectivity index (χ2n) is 5.22. The van der Waals surface area contributed by atoms with Gasteiger partial charge in [-0.15, -0.1) is 0 Å². The molecule has 11 heteroatoms. The van der Waals surface area contributed by atoms with E-state index in [1.165, 1.54) is 12.1 Å². The molecule has 0 unspecified atom stereocenters. The van der Waals surface area contributed by atoms with Gasteiger partial charge in [-0.25, -0.2) is 8.42 Å². The van der Waals surface area contributed by atoms with Crippen LogP contribution in [-0.4, -0.2) is 21.6 Å². The highest BCUT2D eigenvalue weighted by Gasteiger charge is 2.37. The molecule has 140 valence electrons. The topological polar surface area (TPSA) is 64.6 Å². The Morgan fingerprint density at radius 2 is 1.69 bits per heavy atom. The van der Waals surface area contributed by atoms with Gasteiger partial charge in [0.15, 0.2) is 11.5 Å². The number of hydrogen-bond donors (Lipinski definition) is 1. The molecule has 2 aromatic rings. The number of halogens is 5. The van der Waals surface area contributed by atoms with Crippen LogP contribution in [0.5, 0.6) is 11.5 Å². The van der Waals surface area contributed by atoms with Crippen LogP contribution in [-0.2, 0) is 16.2 Å². The number of anilines is 1. The summed E-state index contributed by atoms with van der Waals surface area (Å²) in [7, 11) is -4.55. The van der Waals surface area contributed by atoms with Gasteiger partial charge in [-0.3, -0.25) is 4.72 Å². The van der Waals surface area contributed by atoms with Gasteiger partial charge in [-0.2, -0.15) is 13.2 Å². The van der Waals surface area contributed by atoms with Crippen LogP contribution in [0.4, 0.5) is 18.9 Å². The molecule has 3 rings (SSSR count). The van der Waals surface area contributed by atoms with Crippen molar-refractivity contribution >= 4 is 43.2 Å². The van der Waals surface area contributed by atoms with Crippen LogP contribution in [0.2, 0.25) is 5.02 Å². The molecule has 0 spiro atoms. The second-order valence-corrected chi connectivity index (χ2v) is 8.16. The van der Waals surface area contributed by atoms with Crippen LogP contribution in [0.1, 0.15) is 5.56 Å². The molecule has 0 atom stereocenters. The molecule has 1 heterocycles. The number of benzene rings is 2. The molecule has 0 fully saturated rings. The number of alkyl halides is 3. The lowest BCUT2D eigenvalue weighted by atomic mass is 10.2. The van der Waals surface area contributed by atoms with Crippen LogP contribution < -0.4 is 14.2 Å². The molecule has 0 amide bonds. The Morgan fingerprint density at radius 1 is 1.08 bits per heavy atom. The number of nitrogens with one attached hydrogen (secondary N) is 1. The first-order chi connectivity index (χ1) is 12.1. The largest absolute Gasteiger partial charge is 0.486 e. The first-order valence-corrected chi connectivity index (χ1v) is 9.72. The van der Waals surface area contributed by atoms with Gasteiger partial charge in [0.05, 0.1) is 16.1 Å². The summed E-state index contributed by atoms with van der Waals surface area (Å²) < 4.78 is 77.8. The van der Waals surface area contributed by atoms with Gasteiger partial charge in [0.2, 0.25) is 0 Å². The van der Waals surface area contributed by atoms with Gasteiger partial charge < -0.3 is 9.47 Å². The van der Waals surface area contributed by atoms with Crippen molar-refractivity contribution in [3.05, 3.63) is 45.4 Å². The summed E-state index contributed by atoms with van der Waals surface area (Å²) in [5.41, 5.74) is -1.34. The van der Waals surface area contributed by atoms with E-state index in [0.717, 1.165) is 12.1 Å². The zero-order valence-corrected chi connectivity index (χ0v) is 15.9. The summed E-state index contributed by atoms with van der Waals surface area (Å²) in [6, 6.07) is 5.25.